The van der Waals surface area contributed by atoms with E-state index in [1.165, 1.54) is 0 Å². The lowest BCUT2D eigenvalue weighted by molar-refractivity contribution is 0.0884. The molecule has 3 aromatic carbocycles. The zero-order valence-electron chi connectivity index (χ0n) is 14.8. The van der Waals surface area contributed by atoms with Crippen LogP contribution in [0.5, 0.6) is 0 Å². The van der Waals surface area contributed by atoms with Gasteiger partial charge in [0.25, 0.3) is 0 Å². The molecule has 0 radical (unpaired) electrons. The number of ether oxygens (including phenoxy) is 1. The second-order valence-electron chi connectivity index (χ2n) is 6.21. The molecule has 0 bridgehead atoms. The molecule has 0 spiro atoms. The molecule has 1 N–H and O–H groups in total. The van der Waals surface area contributed by atoms with Crippen molar-refractivity contribution in [3.8, 4) is 0 Å². The van der Waals surface area contributed by atoms with Gasteiger partial charge < -0.3 is 9.84 Å². The molecule has 0 fully saturated rings. The average molecular weight is 344 g/mol. The highest BCUT2D eigenvalue weighted by Crippen LogP contribution is 2.24. The zero-order valence-corrected chi connectivity index (χ0v) is 14.8. The number of aliphatic hydroxyl groups is 1. The van der Waals surface area contributed by atoms with Gasteiger partial charge in [0.1, 0.15) is 0 Å². The normalized spacial score (nSPS) is 11.7. The van der Waals surface area contributed by atoms with Crippen molar-refractivity contribution in [3.05, 3.63) is 114 Å². The fourth-order valence-corrected chi connectivity index (χ4v) is 2.84. The molecule has 0 amide bonds. The first kappa shape index (κ1) is 18.1. The van der Waals surface area contributed by atoms with Gasteiger partial charge in [-0.15, -0.1) is 0 Å². The van der Waals surface area contributed by atoms with Crippen LogP contribution in [0.15, 0.2) is 97.1 Å². The molecule has 3 aromatic rings. The number of benzene rings is 3. The van der Waals surface area contributed by atoms with E-state index < -0.39 is 6.10 Å². The summed E-state index contributed by atoms with van der Waals surface area (Å²) in [6, 6.07) is 30.4. The molecule has 26 heavy (non-hydrogen) atoms. The topological polar surface area (TPSA) is 29.5 Å². The maximum absolute atomic E-state index is 10.5. The Bertz CT molecular complexity index is 754. The summed E-state index contributed by atoms with van der Waals surface area (Å²) in [5.74, 6) is 0. The van der Waals surface area contributed by atoms with Gasteiger partial charge in [0.15, 0.2) is 0 Å². The van der Waals surface area contributed by atoms with Gasteiger partial charge in [0.2, 0.25) is 0 Å². The van der Waals surface area contributed by atoms with E-state index in [0.717, 1.165) is 22.3 Å². The molecule has 0 aliphatic carbocycles. The van der Waals surface area contributed by atoms with Crippen LogP contribution in [0.25, 0.3) is 5.57 Å². The van der Waals surface area contributed by atoms with Crippen molar-refractivity contribution in [3.63, 3.8) is 0 Å². The van der Waals surface area contributed by atoms with E-state index >= 15 is 0 Å². The van der Waals surface area contributed by atoms with Crippen LogP contribution in [0.3, 0.4) is 0 Å². The maximum Gasteiger partial charge on any atom is 0.0752 e. The van der Waals surface area contributed by atoms with Crippen LogP contribution >= 0.6 is 0 Å². The minimum Gasteiger partial charge on any atom is -0.389 e. The van der Waals surface area contributed by atoms with E-state index in [-0.39, 0.29) is 0 Å². The highest BCUT2D eigenvalue weighted by molar-refractivity contribution is 5.80. The predicted molar refractivity (Wildman–Crippen MR) is 107 cm³/mol. The first-order chi connectivity index (χ1) is 12.8. The summed E-state index contributed by atoms with van der Waals surface area (Å²) in [5.41, 5.74) is 4.39. The fourth-order valence-electron chi connectivity index (χ4n) is 2.84. The summed E-state index contributed by atoms with van der Waals surface area (Å²) >= 11 is 0. The zero-order chi connectivity index (χ0) is 18.0. The van der Waals surface area contributed by atoms with Gasteiger partial charge in [-0.25, -0.2) is 0 Å². The molecule has 2 heteroatoms. The van der Waals surface area contributed by atoms with Gasteiger partial charge in [-0.3, -0.25) is 0 Å². The Kier molecular flexibility index (Phi) is 6.77. The standard InChI is InChI=1S/C24H24O2/c25-23(16-17-26-19-20-10-4-1-5-11-20)18-24(21-12-6-2-7-13-21)22-14-8-3-9-15-22/h1-15,18,23,25H,16-17,19H2. The maximum atomic E-state index is 10.5. The van der Waals surface area contributed by atoms with Crippen LogP contribution in [-0.2, 0) is 11.3 Å². The Labute approximate surface area is 155 Å². The third-order valence-electron chi connectivity index (χ3n) is 4.20. The Hall–Kier alpha value is -2.68. The average Bonchev–Trinajstić information content (AvgIpc) is 2.71. The summed E-state index contributed by atoms with van der Waals surface area (Å²) < 4.78 is 5.69. The van der Waals surface area contributed by atoms with E-state index in [1.807, 2.05) is 72.8 Å². The number of hydrogen-bond acceptors (Lipinski definition) is 2. The molecule has 2 nitrogen and oxygen atoms in total. The van der Waals surface area contributed by atoms with Gasteiger partial charge in [-0.2, -0.15) is 0 Å². The largest absolute Gasteiger partial charge is 0.389 e. The molecule has 0 aliphatic rings. The summed E-state index contributed by atoms with van der Waals surface area (Å²) in [6.45, 7) is 1.09. The van der Waals surface area contributed by atoms with Crippen LogP contribution < -0.4 is 0 Å². The fraction of sp³-hybridized carbons (Fsp3) is 0.167. The molecule has 1 unspecified atom stereocenters. The minimum absolute atomic E-state index is 0.517. The minimum atomic E-state index is -0.554. The van der Waals surface area contributed by atoms with Gasteiger partial charge in [-0.05, 0) is 28.3 Å². The van der Waals surface area contributed by atoms with Crippen molar-refractivity contribution < 1.29 is 9.84 Å². The van der Waals surface area contributed by atoms with E-state index in [1.54, 1.807) is 0 Å². The van der Waals surface area contributed by atoms with Crippen molar-refractivity contribution in [2.24, 2.45) is 0 Å². The summed E-state index contributed by atoms with van der Waals surface area (Å²) in [6.07, 6.45) is 1.94. The van der Waals surface area contributed by atoms with Crippen molar-refractivity contribution in [1.82, 2.24) is 0 Å². The SMILES string of the molecule is OC(C=C(c1ccccc1)c1ccccc1)CCOCc1ccccc1. The number of aliphatic hydroxyl groups excluding tert-OH is 1. The van der Waals surface area contributed by atoms with Crippen molar-refractivity contribution in [2.45, 2.75) is 19.1 Å². The van der Waals surface area contributed by atoms with Crippen LogP contribution in [0.1, 0.15) is 23.1 Å². The second kappa shape index (κ2) is 9.71. The molecule has 0 aromatic heterocycles. The van der Waals surface area contributed by atoms with Crippen LogP contribution in [0.2, 0.25) is 0 Å². The third kappa shape index (κ3) is 5.41. The molecule has 0 aliphatic heterocycles. The smallest absolute Gasteiger partial charge is 0.0752 e. The highest BCUT2D eigenvalue weighted by atomic mass is 16.5. The molecular weight excluding hydrogens is 320 g/mol. The van der Waals surface area contributed by atoms with Crippen LogP contribution in [0.4, 0.5) is 0 Å². The lowest BCUT2D eigenvalue weighted by Crippen LogP contribution is -2.09. The number of hydrogen-bond donors (Lipinski definition) is 1. The Morgan fingerprint density at radius 3 is 1.81 bits per heavy atom. The molecule has 0 saturated heterocycles. The molecule has 0 saturated carbocycles. The lowest BCUT2D eigenvalue weighted by atomic mass is 9.96. The van der Waals surface area contributed by atoms with Crippen LogP contribution in [-0.4, -0.2) is 17.8 Å². The summed E-state index contributed by atoms with van der Waals surface area (Å²) in [5, 5.41) is 10.5. The van der Waals surface area contributed by atoms with Crippen LogP contribution in [0, 0.1) is 0 Å². The van der Waals surface area contributed by atoms with Gasteiger partial charge in [0, 0.05) is 13.0 Å². The van der Waals surface area contributed by atoms with Gasteiger partial charge >= 0.3 is 0 Å². The van der Waals surface area contributed by atoms with E-state index in [9.17, 15) is 5.11 Å². The number of rotatable bonds is 8. The third-order valence-corrected chi connectivity index (χ3v) is 4.20. The Morgan fingerprint density at radius 2 is 1.27 bits per heavy atom. The monoisotopic (exact) mass is 344 g/mol. The van der Waals surface area contributed by atoms with E-state index in [0.29, 0.717) is 19.6 Å². The lowest BCUT2D eigenvalue weighted by Gasteiger charge is -2.13. The first-order valence-corrected chi connectivity index (χ1v) is 8.95. The molecular formula is C24H24O2. The van der Waals surface area contributed by atoms with Gasteiger partial charge in [-0.1, -0.05) is 91.0 Å². The summed E-state index contributed by atoms with van der Waals surface area (Å²) in [7, 11) is 0. The second-order valence-corrected chi connectivity index (χ2v) is 6.21. The first-order valence-electron chi connectivity index (χ1n) is 8.95. The van der Waals surface area contributed by atoms with Crippen molar-refractivity contribution >= 4 is 5.57 Å². The molecule has 132 valence electrons. The quantitative estimate of drug-likeness (QED) is 0.577. The van der Waals surface area contributed by atoms with Crippen molar-refractivity contribution in [1.29, 1.82) is 0 Å². The van der Waals surface area contributed by atoms with E-state index in [4.69, 9.17) is 4.74 Å². The van der Waals surface area contributed by atoms with E-state index in [2.05, 4.69) is 24.3 Å². The highest BCUT2D eigenvalue weighted by Gasteiger charge is 2.08. The summed E-state index contributed by atoms with van der Waals surface area (Å²) in [4.78, 5) is 0. The Balaban J connectivity index is 1.63. The molecule has 3 rings (SSSR count). The Morgan fingerprint density at radius 1 is 0.769 bits per heavy atom. The molecule has 0 heterocycles. The van der Waals surface area contributed by atoms with Gasteiger partial charge in [0.05, 0.1) is 12.7 Å². The molecule has 1 atom stereocenters. The predicted octanol–water partition coefficient (Wildman–Crippen LogP) is 5.09. The van der Waals surface area contributed by atoms with Crippen molar-refractivity contribution in [2.75, 3.05) is 6.61 Å².